The number of hydrogen-bond acceptors (Lipinski definition) is 3. The van der Waals surface area contributed by atoms with Crippen LogP contribution in [0.25, 0.3) is 0 Å². The number of nitrogens with two attached hydrogens (primary N) is 1. The molecule has 1 fully saturated rings. The lowest BCUT2D eigenvalue weighted by atomic mass is 10.0. The van der Waals surface area contributed by atoms with Crippen LogP contribution in [0.3, 0.4) is 0 Å². The molecule has 4 nitrogen and oxygen atoms in total. The quantitative estimate of drug-likeness (QED) is 0.878. The minimum atomic E-state index is -1.10. The summed E-state index contributed by atoms with van der Waals surface area (Å²) in [5.74, 6) is -0.173. The first kappa shape index (κ1) is 16.2. The highest BCUT2D eigenvalue weighted by atomic mass is 32.2. The Morgan fingerprint density at radius 3 is 2.76 bits per heavy atom. The lowest BCUT2D eigenvalue weighted by Gasteiger charge is -2.23. The topological polar surface area (TPSA) is 72.2 Å². The SMILES string of the molecule is CC(C(=O)Nc1cccc(CN)c1)S(=O)C1CCCCC1. The zero-order valence-corrected chi connectivity index (χ0v) is 13.3. The van der Waals surface area contributed by atoms with Gasteiger partial charge in [-0.1, -0.05) is 31.4 Å². The van der Waals surface area contributed by atoms with Gasteiger partial charge >= 0.3 is 0 Å². The van der Waals surface area contributed by atoms with Crippen LogP contribution < -0.4 is 11.1 Å². The van der Waals surface area contributed by atoms with Crippen molar-refractivity contribution >= 4 is 22.4 Å². The minimum Gasteiger partial charge on any atom is -0.326 e. The summed E-state index contributed by atoms with van der Waals surface area (Å²) >= 11 is 0. The van der Waals surface area contributed by atoms with Crippen molar-refractivity contribution in [2.45, 2.75) is 56.1 Å². The molecule has 1 amide bonds. The van der Waals surface area contributed by atoms with Crippen LogP contribution in [0.1, 0.15) is 44.6 Å². The third-order valence-electron chi connectivity index (χ3n) is 4.03. The van der Waals surface area contributed by atoms with Crippen LogP contribution in [-0.2, 0) is 22.1 Å². The average Bonchev–Trinajstić information content (AvgIpc) is 2.54. The van der Waals surface area contributed by atoms with Crippen molar-refractivity contribution in [2.24, 2.45) is 5.73 Å². The largest absolute Gasteiger partial charge is 0.326 e. The molecule has 3 N–H and O–H groups in total. The van der Waals surface area contributed by atoms with E-state index in [4.69, 9.17) is 5.73 Å². The molecule has 0 aliphatic heterocycles. The lowest BCUT2D eigenvalue weighted by Crippen LogP contribution is -2.35. The van der Waals surface area contributed by atoms with Gasteiger partial charge in [-0.2, -0.15) is 0 Å². The molecule has 2 rings (SSSR count). The maximum Gasteiger partial charge on any atom is 0.239 e. The van der Waals surface area contributed by atoms with Gasteiger partial charge in [0.2, 0.25) is 5.91 Å². The molecule has 1 saturated carbocycles. The first-order chi connectivity index (χ1) is 10.1. The summed E-state index contributed by atoms with van der Waals surface area (Å²) in [5, 5.41) is 2.55. The molecule has 0 aromatic heterocycles. The smallest absolute Gasteiger partial charge is 0.239 e. The Kier molecular flexibility index (Phi) is 5.94. The Hall–Kier alpha value is -1.20. The zero-order valence-electron chi connectivity index (χ0n) is 12.5. The summed E-state index contributed by atoms with van der Waals surface area (Å²) in [6, 6.07) is 7.46. The molecule has 0 heterocycles. The van der Waals surface area contributed by atoms with Crippen LogP contribution in [0.4, 0.5) is 5.69 Å². The van der Waals surface area contributed by atoms with Gasteiger partial charge in [-0.25, -0.2) is 0 Å². The van der Waals surface area contributed by atoms with E-state index in [9.17, 15) is 9.00 Å². The van der Waals surface area contributed by atoms with Gasteiger partial charge in [0, 0.05) is 28.3 Å². The van der Waals surface area contributed by atoms with E-state index >= 15 is 0 Å². The Bertz CT molecular complexity index is 513. The van der Waals surface area contributed by atoms with E-state index in [1.165, 1.54) is 6.42 Å². The van der Waals surface area contributed by atoms with Crippen molar-refractivity contribution in [2.75, 3.05) is 5.32 Å². The second-order valence-corrected chi connectivity index (χ2v) is 7.66. The van der Waals surface area contributed by atoms with E-state index in [-0.39, 0.29) is 11.2 Å². The first-order valence-corrected chi connectivity index (χ1v) is 8.88. The Balaban J connectivity index is 1.96. The van der Waals surface area contributed by atoms with E-state index < -0.39 is 16.0 Å². The summed E-state index contributed by atoms with van der Waals surface area (Å²) in [4.78, 5) is 12.3. The highest BCUT2D eigenvalue weighted by molar-refractivity contribution is 7.87. The van der Waals surface area contributed by atoms with Gasteiger partial charge < -0.3 is 11.1 Å². The van der Waals surface area contributed by atoms with E-state index in [0.717, 1.165) is 36.9 Å². The van der Waals surface area contributed by atoms with E-state index in [1.807, 2.05) is 24.3 Å². The van der Waals surface area contributed by atoms with Gasteiger partial charge in [0.15, 0.2) is 0 Å². The van der Waals surface area contributed by atoms with E-state index in [2.05, 4.69) is 5.32 Å². The van der Waals surface area contributed by atoms with Crippen LogP contribution in [0.15, 0.2) is 24.3 Å². The van der Waals surface area contributed by atoms with Crippen LogP contribution in [0, 0.1) is 0 Å². The molecule has 1 aromatic rings. The van der Waals surface area contributed by atoms with Crippen LogP contribution in [-0.4, -0.2) is 20.6 Å². The summed E-state index contributed by atoms with van der Waals surface area (Å²) in [7, 11) is -1.10. The molecule has 21 heavy (non-hydrogen) atoms. The maximum atomic E-state index is 12.5. The number of benzene rings is 1. The Morgan fingerprint density at radius 2 is 2.10 bits per heavy atom. The molecule has 1 aliphatic rings. The van der Waals surface area contributed by atoms with Gasteiger partial charge in [-0.15, -0.1) is 0 Å². The molecular weight excluding hydrogens is 284 g/mol. The minimum absolute atomic E-state index is 0.173. The van der Waals surface area contributed by atoms with Crippen molar-refractivity contribution in [3.05, 3.63) is 29.8 Å². The molecule has 0 saturated heterocycles. The molecule has 1 aromatic carbocycles. The second kappa shape index (κ2) is 7.71. The summed E-state index contributed by atoms with van der Waals surface area (Å²) < 4.78 is 12.5. The molecule has 5 heteroatoms. The third-order valence-corrected chi connectivity index (χ3v) is 6.07. The third kappa shape index (κ3) is 4.38. The van der Waals surface area contributed by atoms with Gasteiger partial charge in [0.05, 0.1) is 0 Å². The number of carbonyl (C=O) groups is 1. The van der Waals surface area contributed by atoms with Gasteiger partial charge in [0.25, 0.3) is 0 Å². The monoisotopic (exact) mass is 308 g/mol. The standard InChI is InChI=1S/C16H24N2O2S/c1-12(21(20)15-8-3-2-4-9-15)16(19)18-14-7-5-6-13(10-14)11-17/h5-7,10,12,15H,2-4,8-9,11,17H2,1H3,(H,18,19). The molecule has 2 atom stereocenters. The average molecular weight is 308 g/mol. The predicted molar refractivity (Wildman–Crippen MR) is 87.4 cm³/mol. The number of amides is 1. The summed E-state index contributed by atoms with van der Waals surface area (Å²) in [6.45, 7) is 2.19. The van der Waals surface area contributed by atoms with Crippen molar-refractivity contribution in [1.82, 2.24) is 0 Å². The highest BCUT2D eigenvalue weighted by Gasteiger charge is 2.28. The van der Waals surface area contributed by atoms with Gasteiger partial charge in [0.1, 0.15) is 5.25 Å². The van der Waals surface area contributed by atoms with Crippen LogP contribution in [0.5, 0.6) is 0 Å². The number of anilines is 1. The van der Waals surface area contributed by atoms with Crippen molar-refractivity contribution in [3.8, 4) is 0 Å². The van der Waals surface area contributed by atoms with Crippen LogP contribution in [0.2, 0.25) is 0 Å². The van der Waals surface area contributed by atoms with Gasteiger partial charge in [-0.05, 0) is 37.5 Å². The van der Waals surface area contributed by atoms with Crippen molar-refractivity contribution in [3.63, 3.8) is 0 Å². The van der Waals surface area contributed by atoms with Gasteiger partial charge in [-0.3, -0.25) is 9.00 Å². The molecule has 0 bridgehead atoms. The molecule has 0 radical (unpaired) electrons. The second-order valence-electron chi connectivity index (χ2n) is 5.62. The molecule has 0 spiro atoms. The lowest BCUT2D eigenvalue weighted by molar-refractivity contribution is -0.115. The normalized spacial score (nSPS) is 19.0. The van der Waals surface area contributed by atoms with Crippen molar-refractivity contribution in [1.29, 1.82) is 0 Å². The van der Waals surface area contributed by atoms with E-state index in [0.29, 0.717) is 6.54 Å². The van der Waals surface area contributed by atoms with E-state index in [1.54, 1.807) is 6.92 Å². The highest BCUT2D eigenvalue weighted by Crippen LogP contribution is 2.24. The molecule has 2 unspecified atom stereocenters. The molecular formula is C16H24N2O2S. The molecule has 116 valence electrons. The number of nitrogens with one attached hydrogen (secondary N) is 1. The summed E-state index contributed by atoms with van der Waals surface area (Å²) in [5.41, 5.74) is 7.28. The Morgan fingerprint density at radius 1 is 1.38 bits per heavy atom. The number of carbonyl (C=O) groups excluding carboxylic acids is 1. The fourth-order valence-corrected chi connectivity index (χ4v) is 4.36. The van der Waals surface area contributed by atoms with Crippen molar-refractivity contribution < 1.29 is 9.00 Å². The fourth-order valence-electron chi connectivity index (χ4n) is 2.71. The summed E-state index contributed by atoms with van der Waals surface area (Å²) in [6.07, 6.45) is 5.44. The zero-order chi connectivity index (χ0) is 15.2. The molecule has 1 aliphatic carbocycles. The van der Waals surface area contributed by atoms with Crippen LogP contribution >= 0.6 is 0 Å². The number of hydrogen-bond donors (Lipinski definition) is 2. The maximum absolute atomic E-state index is 12.5. The fraction of sp³-hybridized carbons (Fsp3) is 0.562. The predicted octanol–water partition coefficient (Wildman–Crippen LogP) is 2.55. The Labute approximate surface area is 129 Å². The first-order valence-electron chi connectivity index (χ1n) is 7.61. The number of rotatable bonds is 5.